The van der Waals surface area contributed by atoms with Crippen molar-refractivity contribution in [1.29, 1.82) is 0 Å². The van der Waals surface area contributed by atoms with E-state index in [4.69, 9.17) is 4.74 Å². The number of hydrogen-bond acceptors (Lipinski definition) is 5. The molecule has 2 aromatic rings. The second kappa shape index (κ2) is 8.28. The van der Waals surface area contributed by atoms with Crippen LogP contribution >= 0.6 is 0 Å². The predicted octanol–water partition coefficient (Wildman–Crippen LogP) is 1.78. The minimum atomic E-state index is -0.292. The van der Waals surface area contributed by atoms with Crippen molar-refractivity contribution >= 4 is 11.6 Å². The molecule has 23 heavy (non-hydrogen) atoms. The van der Waals surface area contributed by atoms with E-state index in [0.717, 1.165) is 13.1 Å². The molecule has 0 atom stereocenters. The van der Waals surface area contributed by atoms with Gasteiger partial charge in [-0.3, -0.25) is 9.48 Å². The highest BCUT2D eigenvalue weighted by Crippen LogP contribution is 2.17. The van der Waals surface area contributed by atoms with Gasteiger partial charge in [0, 0.05) is 18.3 Å². The Labute approximate surface area is 136 Å². The normalized spacial score (nSPS) is 10.8. The van der Waals surface area contributed by atoms with Crippen LogP contribution in [0.4, 0.5) is 5.69 Å². The van der Waals surface area contributed by atoms with Gasteiger partial charge in [0.1, 0.15) is 5.75 Å². The molecule has 0 radical (unpaired) electrons. The summed E-state index contributed by atoms with van der Waals surface area (Å²) in [4.78, 5) is 12.2. The summed E-state index contributed by atoms with van der Waals surface area (Å²) in [6.07, 6.45) is 1.65. The average Bonchev–Trinajstić information content (AvgIpc) is 3.00. The highest BCUT2D eigenvalue weighted by molar-refractivity contribution is 6.02. The van der Waals surface area contributed by atoms with Gasteiger partial charge in [-0.15, -0.1) is 5.10 Å². The molecule has 0 saturated carbocycles. The second-order valence-corrected chi connectivity index (χ2v) is 5.65. The number of ether oxygens (including phenoxy) is 1. The maximum Gasteiger partial charge on any atom is 0.277 e. The van der Waals surface area contributed by atoms with Crippen molar-refractivity contribution in [2.75, 3.05) is 25.5 Å². The molecule has 0 aliphatic rings. The first-order valence-electron chi connectivity index (χ1n) is 7.64. The van der Waals surface area contributed by atoms with Gasteiger partial charge >= 0.3 is 0 Å². The van der Waals surface area contributed by atoms with Gasteiger partial charge in [-0.1, -0.05) is 25.1 Å². The molecule has 7 nitrogen and oxygen atoms in total. The summed E-state index contributed by atoms with van der Waals surface area (Å²) < 4.78 is 6.79. The number of nitrogens with one attached hydrogen (secondary N) is 2. The topological polar surface area (TPSA) is 81.1 Å². The van der Waals surface area contributed by atoms with E-state index in [-0.39, 0.29) is 11.6 Å². The zero-order valence-electron chi connectivity index (χ0n) is 13.7. The van der Waals surface area contributed by atoms with Gasteiger partial charge in [0.15, 0.2) is 5.69 Å². The van der Waals surface area contributed by atoms with Crippen LogP contribution in [-0.4, -0.2) is 41.1 Å². The van der Waals surface area contributed by atoms with E-state index in [1.807, 2.05) is 12.1 Å². The number of aromatic nitrogens is 3. The van der Waals surface area contributed by atoms with Gasteiger partial charge < -0.3 is 15.4 Å². The third kappa shape index (κ3) is 5.37. The summed E-state index contributed by atoms with van der Waals surface area (Å²) >= 11 is 0. The Balaban J connectivity index is 1.87. The van der Waals surface area contributed by atoms with Gasteiger partial charge in [-0.05, 0) is 24.6 Å². The van der Waals surface area contributed by atoms with E-state index >= 15 is 0 Å². The van der Waals surface area contributed by atoms with E-state index in [0.29, 0.717) is 23.9 Å². The Bertz CT molecular complexity index is 639. The number of amides is 1. The van der Waals surface area contributed by atoms with Gasteiger partial charge in [-0.2, -0.15) is 0 Å². The zero-order chi connectivity index (χ0) is 16.7. The fraction of sp³-hybridized carbons (Fsp3) is 0.438. The largest absolute Gasteiger partial charge is 0.497 e. The van der Waals surface area contributed by atoms with Crippen molar-refractivity contribution in [1.82, 2.24) is 20.3 Å². The van der Waals surface area contributed by atoms with Crippen molar-refractivity contribution in [3.05, 3.63) is 36.2 Å². The molecule has 2 rings (SSSR count). The van der Waals surface area contributed by atoms with E-state index in [2.05, 4.69) is 34.8 Å². The number of nitrogens with zero attached hydrogens (tertiary/aromatic N) is 3. The lowest BCUT2D eigenvalue weighted by Gasteiger charge is -2.06. The number of rotatable bonds is 8. The quantitative estimate of drug-likeness (QED) is 0.725. The standard InChI is InChI=1S/C16H23N5O2/c1-12(2)10-17-7-8-21-11-15(19-20-21)16(22)18-13-5-4-6-14(9-13)23-3/h4-6,9,11-12,17H,7-8,10H2,1-3H3,(H,18,22). The third-order valence-corrected chi connectivity index (χ3v) is 3.17. The smallest absolute Gasteiger partial charge is 0.277 e. The molecular formula is C16H23N5O2. The van der Waals surface area contributed by atoms with Crippen molar-refractivity contribution in [2.24, 2.45) is 5.92 Å². The SMILES string of the molecule is COc1cccc(NC(=O)c2cn(CCNCC(C)C)nn2)c1. The molecule has 1 heterocycles. The molecule has 0 aliphatic carbocycles. The predicted molar refractivity (Wildman–Crippen MR) is 88.7 cm³/mol. The third-order valence-electron chi connectivity index (χ3n) is 3.17. The van der Waals surface area contributed by atoms with E-state index < -0.39 is 0 Å². The van der Waals surface area contributed by atoms with E-state index in [1.54, 1.807) is 30.1 Å². The molecule has 0 unspecified atom stereocenters. The highest BCUT2D eigenvalue weighted by Gasteiger charge is 2.11. The van der Waals surface area contributed by atoms with Crippen LogP contribution in [0.5, 0.6) is 5.75 Å². The van der Waals surface area contributed by atoms with Crippen molar-refractivity contribution < 1.29 is 9.53 Å². The fourth-order valence-corrected chi connectivity index (χ4v) is 1.99. The molecule has 0 aliphatic heterocycles. The van der Waals surface area contributed by atoms with Crippen LogP contribution in [0.3, 0.4) is 0 Å². The van der Waals surface area contributed by atoms with Crippen LogP contribution in [-0.2, 0) is 6.54 Å². The molecule has 0 saturated heterocycles. The molecule has 2 N–H and O–H groups in total. The summed E-state index contributed by atoms with van der Waals surface area (Å²) in [5, 5.41) is 14.0. The Morgan fingerprint density at radius 1 is 1.39 bits per heavy atom. The van der Waals surface area contributed by atoms with Crippen LogP contribution in [0, 0.1) is 5.92 Å². The first-order valence-corrected chi connectivity index (χ1v) is 7.64. The zero-order valence-corrected chi connectivity index (χ0v) is 13.7. The molecule has 1 amide bonds. The first-order chi connectivity index (χ1) is 11.1. The number of methoxy groups -OCH3 is 1. The van der Waals surface area contributed by atoms with Crippen LogP contribution in [0.25, 0.3) is 0 Å². The molecule has 0 fully saturated rings. The Morgan fingerprint density at radius 2 is 2.22 bits per heavy atom. The van der Waals surface area contributed by atoms with Gasteiger partial charge in [-0.25, -0.2) is 0 Å². The molecule has 0 spiro atoms. The monoisotopic (exact) mass is 317 g/mol. The molecule has 1 aromatic carbocycles. The summed E-state index contributed by atoms with van der Waals surface area (Å²) in [6, 6.07) is 7.17. The van der Waals surface area contributed by atoms with E-state index in [1.165, 1.54) is 0 Å². The van der Waals surface area contributed by atoms with Gasteiger partial charge in [0.2, 0.25) is 0 Å². The van der Waals surface area contributed by atoms with E-state index in [9.17, 15) is 4.79 Å². The van der Waals surface area contributed by atoms with Gasteiger partial charge in [0.05, 0.1) is 19.9 Å². The summed E-state index contributed by atoms with van der Waals surface area (Å²) in [5.74, 6) is 0.997. The average molecular weight is 317 g/mol. The minimum absolute atomic E-state index is 0.289. The Kier molecular flexibility index (Phi) is 6.10. The van der Waals surface area contributed by atoms with Crippen molar-refractivity contribution in [3.8, 4) is 5.75 Å². The first kappa shape index (κ1) is 17.0. The molecule has 1 aromatic heterocycles. The van der Waals surface area contributed by atoms with Crippen LogP contribution in [0.1, 0.15) is 24.3 Å². The summed E-state index contributed by atoms with van der Waals surface area (Å²) in [6.45, 7) is 6.73. The molecule has 124 valence electrons. The molecule has 7 heteroatoms. The number of carbonyl (C=O) groups excluding carboxylic acids is 1. The highest BCUT2D eigenvalue weighted by atomic mass is 16.5. The number of benzene rings is 1. The number of carbonyl (C=O) groups is 1. The molecular weight excluding hydrogens is 294 g/mol. The lowest BCUT2D eigenvalue weighted by Crippen LogP contribution is -2.24. The van der Waals surface area contributed by atoms with Crippen molar-refractivity contribution in [2.45, 2.75) is 20.4 Å². The second-order valence-electron chi connectivity index (χ2n) is 5.65. The van der Waals surface area contributed by atoms with Crippen LogP contribution in [0.2, 0.25) is 0 Å². The Morgan fingerprint density at radius 3 is 2.96 bits per heavy atom. The summed E-state index contributed by atoms with van der Waals surface area (Å²) in [7, 11) is 1.58. The van der Waals surface area contributed by atoms with Crippen molar-refractivity contribution in [3.63, 3.8) is 0 Å². The fourth-order valence-electron chi connectivity index (χ4n) is 1.99. The van der Waals surface area contributed by atoms with Gasteiger partial charge in [0.25, 0.3) is 5.91 Å². The summed E-state index contributed by atoms with van der Waals surface area (Å²) in [5.41, 5.74) is 0.944. The minimum Gasteiger partial charge on any atom is -0.497 e. The Hall–Kier alpha value is -2.41. The van der Waals surface area contributed by atoms with Crippen LogP contribution in [0.15, 0.2) is 30.5 Å². The maximum atomic E-state index is 12.2. The number of hydrogen-bond donors (Lipinski definition) is 2. The molecule has 0 bridgehead atoms. The maximum absolute atomic E-state index is 12.2. The number of anilines is 1. The lowest BCUT2D eigenvalue weighted by molar-refractivity contribution is 0.102. The van der Waals surface area contributed by atoms with Crippen LogP contribution < -0.4 is 15.4 Å². The lowest BCUT2D eigenvalue weighted by atomic mass is 10.2.